The number of unbranched alkanes of at least 4 members (excludes halogenated alkanes) is 36. The topological polar surface area (TPSA) is 46.5 Å². The Bertz CT molecular complexity index is 630. The Morgan fingerprint density at radius 1 is 0.388 bits per heavy atom. The molecule has 0 fully saturated rings. The standard InChI is InChI=1S/C46H90O3/c1-2-3-4-5-6-7-8-9-10-11-12-13-16-19-22-25-28-31-34-37-40-43-46(48)49-45-42-39-36-33-30-27-24-21-18-15-14-17-20-23-26-29-32-35-38-41-44-47/h9-10,47H,2-8,11-45H2,1H3. The summed E-state index contributed by atoms with van der Waals surface area (Å²) < 4.78 is 5.48. The average molecular weight is 691 g/mol. The van der Waals surface area contributed by atoms with Gasteiger partial charge >= 0.3 is 5.97 Å². The second-order valence-electron chi connectivity index (χ2n) is 15.5. The number of hydrogen-bond donors (Lipinski definition) is 1. The molecule has 0 radical (unpaired) electrons. The Morgan fingerprint density at radius 3 is 1.02 bits per heavy atom. The first-order valence-corrected chi connectivity index (χ1v) is 22.7. The lowest BCUT2D eigenvalue weighted by Gasteiger charge is -2.06. The molecule has 0 heterocycles. The van der Waals surface area contributed by atoms with Crippen LogP contribution in [0.4, 0.5) is 0 Å². The van der Waals surface area contributed by atoms with E-state index in [2.05, 4.69) is 19.1 Å². The van der Waals surface area contributed by atoms with Gasteiger partial charge in [-0.05, 0) is 44.9 Å². The molecule has 0 unspecified atom stereocenters. The average Bonchev–Trinajstić information content (AvgIpc) is 3.11. The van der Waals surface area contributed by atoms with Gasteiger partial charge in [0, 0.05) is 13.0 Å². The number of ether oxygens (including phenoxy) is 1. The van der Waals surface area contributed by atoms with E-state index in [1.165, 1.54) is 231 Å². The quantitative estimate of drug-likeness (QED) is 0.0393. The number of esters is 1. The minimum Gasteiger partial charge on any atom is -0.466 e. The van der Waals surface area contributed by atoms with Crippen LogP contribution < -0.4 is 0 Å². The molecule has 0 spiro atoms. The van der Waals surface area contributed by atoms with Crippen LogP contribution in [0.5, 0.6) is 0 Å². The van der Waals surface area contributed by atoms with E-state index in [0.717, 1.165) is 19.3 Å². The summed E-state index contributed by atoms with van der Waals surface area (Å²) in [6, 6.07) is 0. The van der Waals surface area contributed by atoms with Gasteiger partial charge in [0.05, 0.1) is 6.61 Å². The fraction of sp³-hybridized carbons (Fsp3) is 0.935. The third-order valence-electron chi connectivity index (χ3n) is 10.5. The molecule has 0 aliphatic rings. The highest BCUT2D eigenvalue weighted by molar-refractivity contribution is 5.69. The molecule has 0 rings (SSSR count). The first kappa shape index (κ1) is 48.2. The van der Waals surface area contributed by atoms with Crippen molar-refractivity contribution in [1.29, 1.82) is 0 Å². The molecular formula is C46H90O3. The van der Waals surface area contributed by atoms with Crippen LogP contribution in [0.25, 0.3) is 0 Å². The highest BCUT2D eigenvalue weighted by Crippen LogP contribution is 2.16. The van der Waals surface area contributed by atoms with Crippen LogP contribution in [0, 0.1) is 0 Å². The van der Waals surface area contributed by atoms with Gasteiger partial charge in [0.15, 0.2) is 0 Å². The van der Waals surface area contributed by atoms with Crippen molar-refractivity contribution in [3.8, 4) is 0 Å². The number of carbonyl (C=O) groups excluding carboxylic acids is 1. The Hall–Kier alpha value is -0.830. The summed E-state index contributed by atoms with van der Waals surface area (Å²) in [4.78, 5) is 12.0. The van der Waals surface area contributed by atoms with Crippen LogP contribution in [0.3, 0.4) is 0 Å². The van der Waals surface area contributed by atoms with Gasteiger partial charge in [-0.3, -0.25) is 4.79 Å². The van der Waals surface area contributed by atoms with Gasteiger partial charge in [-0.25, -0.2) is 0 Å². The van der Waals surface area contributed by atoms with Gasteiger partial charge in [0.1, 0.15) is 0 Å². The summed E-state index contributed by atoms with van der Waals surface area (Å²) in [7, 11) is 0. The zero-order valence-corrected chi connectivity index (χ0v) is 33.6. The van der Waals surface area contributed by atoms with Gasteiger partial charge in [0.25, 0.3) is 0 Å². The van der Waals surface area contributed by atoms with Gasteiger partial charge in [0.2, 0.25) is 0 Å². The Labute approximate surface area is 309 Å². The molecular weight excluding hydrogens is 601 g/mol. The third kappa shape index (κ3) is 45.1. The molecule has 0 amide bonds. The normalized spacial score (nSPS) is 11.6. The first-order valence-electron chi connectivity index (χ1n) is 22.7. The monoisotopic (exact) mass is 691 g/mol. The summed E-state index contributed by atoms with van der Waals surface area (Å²) >= 11 is 0. The number of carbonyl (C=O) groups is 1. The van der Waals surface area contributed by atoms with E-state index in [0.29, 0.717) is 19.6 Å². The molecule has 3 nitrogen and oxygen atoms in total. The van der Waals surface area contributed by atoms with Crippen molar-refractivity contribution in [3.05, 3.63) is 12.2 Å². The Kier molecular flexibility index (Phi) is 44.4. The maximum absolute atomic E-state index is 12.0. The van der Waals surface area contributed by atoms with Crippen LogP contribution in [-0.4, -0.2) is 24.3 Å². The van der Waals surface area contributed by atoms with Crippen molar-refractivity contribution in [2.75, 3.05) is 13.2 Å². The van der Waals surface area contributed by atoms with Crippen molar-refractivity contribution in [2.24, 2.45) is 0 Å². The summed E-state index contributed by atoms with van der Waals surface area (Å²) in [6.07, 6.45) is 57.6. The SMILES string of the molecule is CCCCCCCCC=CCCCCCCCCCCCCCC(=O)OCCCCCCCCCCCCCCCCCCCCCCO. The molecule has 0 aromatic heterocycles. The second kappa shape index (κ2) is 45.2. The molecule has 0 aromatic rings. The Balaban J connectivity index is 3.17. The van der Waals surface area contributed by atoms with E-state index >= 15 is 0 Å². The van der Waals surface area contributed by atoms with Crippen LogP contribution in [0.15, 0.2) is 12.2 Å². The summed E-state index contributed by atoms with van der Waals surface area (Å²) in [5, 5.41) is 8.80. The van der Waals surface area contributed by atoms with Gasteiger partial charge < -0.3 is 9.84 Å². The molecule has 0 aliphatic heterocycles. The van der Waals surface area contributed by atoms with E-state index < -0.39 is 0 Å². The number of allylic oxidation sites excluding steroid dienone is 2. The lowest BCUT2D eigenvalue weighted by Crippen LogP contribution is -2.05. The molecule has 0 aromatic carbocycles. The molecule has 292 valence electrons. The largest absolute Gasteiger partial charge is 0.466 e. The number of hydrogen-bond acceptors (Lipinski definition) is 3. The van der Waals surface area contributed by atoms with E-state index in [4.69, 9.17) is 9.84 Å². The molecule has 49 heavy (non-hydrogen) atoms. The van der Waals surface area contributed by atoms with E-state index in [1.807, 2.05) is 0 Å². The lowest BCUT2D eigenvalue weighted by atomic mass is 10.0. The number of aliphatic hydroxyl groups is 1. The smallest absolute Gasteiger partial charge is 0.305 e. The maximum Gasteiger partial charge on any atom is 0.305 e. The van der Waals surface area contributed by atoms with Crippen LogP contribution in [0.2, 0.25) is 0 Å². The van der Waals surface area contributed by atoms with E-state index in [9.17, 15) is 4.79 Å². The zero-order chi connectivity index (χ0) is 35.4. The Morgan fingerprint density at radius 2 is 0.673 bits per heavy atom. The predicted octanol–water partition coefficient (Wildman–Crippen LogP) is 15.7. The van der Waals surface area contributed by atoms with Gasteiger partial charge in [-0.15, -0.1) is 0 Å². The number of aliphatic hydroxyl groups excluding tert-OH is 1. The van der Waals surface area contributed by atoms with Gasteiger partial charge in [-0.1, -0.05) is 225 Å². The van der Waals surface area contributed by atoms with Crippen LogP contribution in [-0.2, 0) is 9.53 Å². The van der Waals surface area contributed by atoms with E-state index in [-0.39, 0.29) is 5.97 Å². The van der Waals surface area contributed by atoms with Crippen molar-refractivity contribution >= 4 is 5.97 Å². The first-order chi connectivity index (χ1) is 24.3. The fourth-order valence-electron chi connectivity index (χ4n) is 7.05. The van der Waals surface area contributed by atoms with E-state index in [1.54, 1.807) is 0 Å². The van der Waals surface area contributed by atoms with Crippen LogP contribution >= 0.6 is 0 Å². The summed E-state index contributed by atoms with van der Waals surface area (Å²) in [5.41, 5.74) is 0. The molecule has 0 bridgehead atoms. The third-order valence-corrected chi connectivity index (χ3v) is 10.5. The molecule has 0 aliphatic carbocycles. The minimum atomic E-state index is 0.0227. The molecule has 1 N–H and O–H groups in total. The highest BCUT2D eigenvalue weighted by atomic mass is 16.5. The van der Waals surface area contributed by atoms with Crippen molar-refractivity contribution in [2.45, 2.75) is 264 Å². The lowest BCUT2D eigenvalue weighted by molar-refractivity contribution is -0.143. The van der Waals surface area contributed by atoms with Gasteiger partial charge in [-0.2, -0.15) is 0 Å². The maximum atomic E-state index is 12.0. The van der Waals surface area contributed by atoms with Crippen molar-refractivity contribution < 1.29 is 14.6 Å². The minimum absolute atomic E-state index is 0.0227. The second-order valence-corrected chi connectivity index (χ2v) is 15.5. The molecule has 3 heteroatoms. The predicted molar refractivity (Wildman–Crippen MR) is 218 cm³/mol. The van der Waals surface area contributed by atoms with Crippen molar-refractivity contribution in [1.82, 2.24) is 0 Å². The summed E-state index contributed by atoms with van der Waals surface area (Å²) in [6.45, 7) is 3.27. The summed E-state index contributed by atoms with van der Waals surface area (Å²) in [5.74, 6) is 0.0227. The number of rotatable bonds is 43. The molecule has 0 atom stereocenters. The molecule has 0 saturated heterocycles. The highest BCUT2D eigenvalue weighted by Gasteiger charge is 2.03. The molecule has 0 saturated carbocycles. The fourth-order valence-corrected chi connectivity index (χ4v) is 7.05. The van der Waals surface area contributed by atoms with Crippen LogP contribution in [0.1, 0.15) is 264 Å². The van der Waals surface area contributed by atoms with Crippen molar-refractivity contribution in [3.63, 3.8) is 0 Å². The zero-order valence-electron chi connectivity index (χ0n) is 33.6.